The highest BCUT2D eigenvalue weighted by Gasteiger charge is 2.19. The fourth-order valence-electron chi connectivity index (χ4n) is 3.67. The molecule has 0 bridgehead atoms. The number of rotatable bonds is 13. The monoisotopic (exact) mass is 529 g/mol. The number of aromatic amines is 1. The van der Waals surface area contributed by atoms with E-state index in [2.05, 4.69) is 20.6 Å². The number of ether oxygens (including phenoxy) is 2. The molecule has 2 amide bonds. The summed E-state index contributed by atoms with van der Waals surface area (Å²) in [5.41, 5.74) is 1.81. The lowest BCUT2D eigenvalue weighted by atomic mass is 10.0. The Balaban J connectivity index is 1.60. The summed E-state index contributed by atoms with van der Waals surface area (Å²) < 4.78 is 38.8. The topological polar surface area (TPSA) is 109 Å². The first-order chi connectivity index (χ1) is 18.2. The summed E-state index contributed by atoms with van der Waals surface area (Å²) in [6, 6.07) is 7.62. The molecule has 1 heterocycles. The van der Waals surface area contributed by atoms with E-state index in [1.807, 2.05) is 25.9 Å². The van der Waals surface area contributed by atoms with Gasteiger partial charge in [-0.25, -0.2) is 9.37 Å². The largest absolute Gasteiger partial charge is 0.494 e. The number of likely N-dealkylation sites (N-methyl/N-ethyl adjacent to an activating group) is 1. The zero-order chi connectivity index (χ0) is 27.7. The van der Waals surface area contributed by atoms with E-state index in [-0.39, 0.29) is 28.7 Å². The highest BCUT2D eigenvalue weighted by Crippen LogP contribution is 2.28. The van der Waals surface area contributed by atoms with Crippen LogP contribution in [0.2, 0.25) is 0 Å². The number of H-pyrrole nitrogens is 1. The number of anilines is 1. The van der Waals surface area contributed by atoms with Crippen molar-refractivity contribution < 1.29 is 27.8 Å². The molecule has 0 aliphatic rings. The van der Waals surface area contributed by atoms with E-state index in [0.717, 1.165) is 12.1 Å². The first-order valence-corrected chi connectivity index (χ1v) is 12.3. The zero-order valence-corrected chi connectivity index (χ0v) is 22.0. The van der Waals surface area contributed by atoms with E-state index in [0.29, 0.717) is 43.9 Å². The van der Waals surface area contributed by atoms with Gasteiger partial charge in [-0.1, -0.05) is 6.92 Å². The second kappa shape index (κ2) is 13.6. The van der Waals surface area contributed by atoms with Crippen molar-refractivity contribution in [3.05, 3.63) is 65.1 Å². The summed E-state index contributed by atoms with van der Waals surface area (Å²) in [6.07, 6.45) is 2.53. The molecule has 38 heavy (non-hydrogen) atoms. The fourth-order valence-corrected chi connectivity index (χ4v) is 3.67. The quantitative estimate of drug-likeness (QED) is 0.290. The number of methoxy groups -OCH3 is 1. The Morgan fingerprint density at radius 2 is 1.87 bits per heavy atom. The van der Waals surface area contributed by atoms with Crippen molar-refractivity contribution in [2.75, 3.05) is 52.8 Å². The SMILES string of the molecule is CCc1cc(NC(=O)c2ncc(-c3ccc(OC)c(F)c3F)[nH]2)ccc1C(=O)NCCCOCCN(C)C. The molecule has 0 unspecified atom stereocenters. The molecule has 0 saturated carbocycles. The molecule has 9 nitrogen and oxygen atoms in total. The van der Waals surface area contributed by atoms with Crippen molar-refractivity contribution in [2.45, 2.75) is 19.8 Å². The predicted molar refractivity (Wildman–Crippen MR) is 141 cm³/mol. The van der Waals surface area contributed by atoms with Crippen LogP contribution < -0.4 is 15.4 Å². The molecule has 3 aromatic rings. The van der Waals surface area contributed by atoms with Crippen LogP contribution in [-0.2, 0) is 11.2 Å². The Morgan fingerprint density at radius 1 is 1.08 bits per heavy atom. The van der Waals surface area contributed by atoms with Gasteiger partial charge in [-0.05, 0) is 62.8 Å². The summed E-state index contributed by atoms with van der Waals surface area (Å²) in [7, 11) is 5.20. The predicted octanol–water partition coefficient (Wildman–Crippen LogP) is 3.88. The van der Waals surface area contributed by atoms with Crippen molar-refractivity contribution in [1.82, 2.24) is 20.2 Å². The maximum atomic E-state index is 14.4. The molecule has 1 aromatic heterocycles. The molecule has 0 spiro atoms. The third-order valence-corrected chi connectivity index (χ3v) is 5.77. The standard InChI is InChI=1S/C27H33F2N5O4/c1-5-17-15-18(7-8-19(17)26(35)30-11-6-13-38-14-12-34(2)3)32-27(36)25-31-16-21(33-25)20-9-10-22(37-4)24(29)23(20)28/h7-10,15-16H,5-6,11-14H2,1-4H3,(H,30,35)(H,31,33)(H,32,36). The molecule has 0 atom stereocenters. The highest BCUT2D eigenvalue weighted by molar-refractivity contribution is 6.03. The molecule has 0 fully saturated rings. The van der Waals surface area contributed by atoms with Crippen molar-refractivity contribution in [1.29, 1.82) is 0 Å². The molecular formula is C27H33F2N5O4. The summed E-state index contributed by atoms with van der Waals surface area (Å²) >= 11 is 0. The van der Waals surface area contributed by atoms with Crippen LogP contribution in [0.5, 0.6) is 5.75 Å². The average molecular weight is 530 g/mol. The first-order valence-electron chi connectivity index (χ1n) is 12.3. The van der Waals surface area contributed by atoms with E-state index in [9.17, 15) is 18.4 Å². The van der Waals surface area contributed by atoms with Crippen LogP contribution in [0.4, 0.5) is 14.5 Å². The number of halogens is 2. The van der Waals surface area contributed by atoms with Gasteiger partial charge in [0.05, 0.1) is 25.6 Å². The average Bonchev–Trinajstić information content (AvgIpc) is 3.39. The molecule has 0 aliphatic heterocycles. The molecule has 0 radical (unpaired) electrons. The Bertz CT molecular complexity index is 1260. The summed E-state index contributed by atoms with van der Waals surface area (Å²) in [4.78, 5) is 34.1. The van der Waals surface area contributed by atoms with Gasteiger partial charge >= 0.3 is 0 Å². The minimum absolute atomic E-state index is 0.0803. The van der Waals surface area contributed by atoms with Gasteiger partial charge in [0, 0.05) is 36.5 Å². The fraction of sp³-hybridized carbons (Fsp3) is 0.370. The Morgan fingerprint density at radius 3 is 2.58 bits per heavy atom. The van der Waals surface area contributed by atoms with Crippen LogP contribution in [0.15, 0.2) is 36.5 Å². The van der Waals surface area contributed by atoms with Crippen molar-refractivity contribution >= 4 is 17.5 Å². The van der Waals surface area contributed by atoms with Crippen molar-refractivity contribution in [3.63, 3.8) is 0 Å². The molecule has 2 aromatic carbocycles. The first kappa shape index (κ1) is 28.7. The Hall–Kier alpha value is -3.83. The maximum Gasteiger partial charge on any atom is 0.291 e. The normalized spacial score (nSPS) is 11.0. The smallest absolute Gasteiger partial charge is 0.291 e. The van der Waals surface area contributed by atoms with Gasteiger partial charge in [0.25, 0.3) is 11.8 Å². The number of aryl methyl sites for hydroxylation is 1. The van der Waals surface area contributed by atoms with Gasteiger partial charge in [0.1, 0.15) is 0 Å². The molecule has 3 N–H and O–H groups in total. The van der Waals surface area contributed by atoms with E-state index in [4.69, 9.17) is 9.47 Å². The molecule has 3 rings (SSSR count). The molecule has 0 saturated heterocycles. The number of carbonyl (C=O) groups excluding carboxylic acids is 2. The van der Waals surface area contributed by atoms with Crippen LogP contribution in [0.3, 0.4) is 0 Å². The molecule has 0 aliphatic carbocycles. The van der Waals surface area contributed by atoms with Crippen LogP contribution >= 0.6 is 0 Å². The van der Waals surface area contributed by atoms with Gasteiger partial charge in [-0.3, -0.25) is 9.59 Å². The zero-order valence-electron chi connectivity index (χ0n) is 22.0. The van der Waals surface area contributed by atoms with Crippen LogP contribution in [0.1, 0.15) is 39.9 Å². The van der Waals surface area contributed by atoms with Crippen LogP contribution in [-0.4, -0.2) is 74.2 Å². The molecular weight excluding hydrogens is 496 g/mol. The third kappa shape index (κ3) is 7.36. The minimum Gasteiger partial charge on any atom is -0.494 e. The number of amides is 2. The van der Waals surface area contributed by atoms with Gasteiger partial charge in [0.2, 0.25) is 5.82 Å². The number of nitrogens with zero attached hydrogens (tertiary/aromatic N) is 2. The van der Waals surface area contributed by atoms with Crippen LogP contribution in [0, 0.1) is 11.6 Å². The number of carbonyl (C=O) groups is 2. The lowest BCUT2D eigenvalue weighted by Gasteiger charge is -2.12. The van der Waals surface area contributed by atoms with Gasteiger partial charge in [-0.2, -0.15) is 4.39 Å². The van der Waals surface area contributed by atoms with Gasteiger partial charge in [0.15, 0.2) is 17.4 Å². The van der Waals surface area contributed by atoms with E-state index >= 15 is 0 Å². The second-order valence-electron chi connectivity index (χ2n) is 8.79. The minimum atomic E-state index is -1.13. The third-order valence-electron chi connectivity index (χ3n) is 5.77. The summed E-state index contributed by atoms with van der Waals surface area (Å²) in [5.74, 6) is -3.31. The van der Waals surface area contributed by atoms with E-state index < -0.39 is 17.5 Å². The van der Waals surface area contributed by atoms with Crippen LogP contribution in [0.25, 0.3) is 11.3 Å². The molecule has 11 heteroatoms. The number of nitrogens with one attached hydrogen (secondary N) is 3. The number of benzene rings is 2. The number of aromatic nitrogens is 2. The van der Waals surface area contributed by atoms with Gasteiger partial charge < -0.3 is 30.0 Å². The Labute approximate surface area is 220 Å². The Kier molecular flexibility index (Phi) is 10.3. The number of hydrogen-bond acceptors (Lipinski definition) is 6. The lowest BCUT2D eigenvalue weighted by molar-refractivity contribution is 0.0933. The van der Waals surface area contributed by atoms with Gasteiger partial charge in [-0.15, -0.1) is 0 Å². The number of imidazole rings is 1. The highest BCUT2D eigenvalue weighted by atomic mass is 19.2. The van der Waals surface area contributed by atoms with Crippen molar-refractivity contribution in [2.24, 2.45) is 0 Å². The van der Waals surface area contributed by atoms with E-state index in [1.165, 1.54) is 25.4 Å². The maximum absolute atomic E-state index is 14.4. The summed E-state index contributed by atoms with van der Waals surface area (Å²) in [6.45, 7) is 4.45. The number of hydrogen-bond donors (Lipinski definition) is 3. The lowest BCUT2D eigenvalue weighted by Crippen LogP contribution is -2.26. The van der Waals surface area contributed by atoms with Crippen molar-refractivity contribution in [3.8, 4) is 17.0 Å². The second-order valence-corrected chi connectivity index (χ2v) is 8.79. The summed E-state index contributed by atoms with van der Waals surface area (Å²) in [5, 5.41) is 5.61. The van der Waals surface area contributed by atoms with E-state index in [1.54, 1.807) is 18.2 Å². The molecule has 204 valence electrons.